The molecule has 20 atom stereocenters. The highest BCUT2D eigenvalue weighted by Crippen LogP contribution is 2.47. The molecule has 0 saturated carbocycles. The summed E-state index contributed by atoms with van der Waals surface area (Å²) >= 11 is 0. The fourth-order valence-electron chi connectivity index (χ4n) is 10.6. The highest BCUT2D eigenvalue weighted by Gasteiger charge is 2.60. The highest BCUT2D eigenvalue weighted by atomic mass is 16.7. The van der Waals surface area contributed by atoms with Gasteiger partial charge < -0.3 is 62.7 Å². The van der Waals surface area contributed by atoms with Gasteiger partial charge in [0.25, 0.3) is 0 Å². The van der Waals surface area contributed by atoms with Crippen molar-refractivity contribution in [2.45, 2.75) is 191 Å². The van der Waals surface area contributed by atoms with E-state index < -0.39 is 90.8 Å². The molecule has 0 aromatic heterocycles. The Morgan fingerprint density at radius 1 is 0.887 bits per heavy atom. The lowest BCUT2D eigenvalue weighted by Gasteiger charge is -2.48. The maximum Gasteiger partial charge on any atom is 0.316 e. The van der Waals surface area contributed by atoms with Crippen molar-refractivity contribution < 1.29 is 67.5 Å². The summed E-state index contributed by atoms with van der Waals surface area (Å²) in [5.74, 6) is -2.56. The van der Waals surface area contributed by atoms with Crippen molar-refractivity contribution in [1.82, 2.24) is 0 Å². The number of allylic oxidation sites excluding steroid dienone is 2. The third kappa shape index (κ3) is 9.64. The van der Waals surface area contributed by atoms with Gasteiger partial charge in [0, 0.05) is 51.7 Å². The van der Waals surface area contributed by atoms with Crippen LogP contribution in [0.2, 0.25) is 0 Å². The van der Waals surface area contributed by atoms with Crippen molar-refractivity contribution in [2.24, 2.45) is 23.7 Å². The quantitative estimate of drug-likeness (QED) is 0.210. The number of ether oxygens (including phenoxy) is 10. The van der Waals surface area contributed by atoms with E-state index in [-0.39, 0.29) is 42.7 Å². The molecule has 0 aromatic rings. The molecule has 0 radical (unpaired) electrons. The van der Waals surface area contributed by atoms with Gasteiger partial charge in [0.05, 0.1) is 49.3 Å². The maximum absolute atomic E-state index is 14.3. The van der Waals surface area contributed by atoms with Crippen LogP contribution >= 0.6 is 0 Å². The van der Waals surface area contributed by atoms with Gasteiger partial charge in [-0.1, -0.05) is 70.6 Å². The smallest absolute Gasteiger partial charge is 0.316 e. The van der Waals surface area contributed by atoms with E-state index in [1.54, 1.807) is 40.2 Å². The fourth-order valence-corrected chi connectivity index (χ4v) is 10.6. The first-order valence-electron chi connectivity index (χ1n) is 22.9. The molecule has 3 N–H and O–H groups in total. The van der Waals surface area contributed by atoms with Crippen molar-refractivity contribution in [2.75, 3.05) is 20.8 Å². The maximum atomic E-state index is 14.3. The predicted octanol–water partition coefficient (Wildman–Crippen LogP) is 5.38. The Morgan fingerprint density at radius 3 is 2.32 bits per heavy atom. The summed E-state index contributed by atoms with van der Waals surface area (Å²) in [5.41, 5.74) is 0.134. The van der Waals surface area contributed by atoms with Gasteiger partial charge in [0.2, 0.25) is 0 Å². The first-order chi connectivity index (χ1) is 29.5. The van der Waals surface area contributed by atoms with Gasteiger partial charge in [0.15, 0.2) is 18.4 Å². The SMILES string of the molecule is CC[C@H](C)[C@H]1O[C@]2(C=C[C@@H]1C)C[C@H]1C[C@@H](C/C=C(/C)[C@@H](O[C@H]3C[C@H](OC)[C@@H](O[C@H]4C[C@H](OC)[C@@H](O)[C@H](C)O4)[C@H](C)O3)[C@@H](C)/C=C/C=C3/CO[C@H]4[C@H](O)C(C)=C[C@@H](C(=O)O1)[C@@]34O)O2. The van der Waals surface area contributed by atoms with Gasteiger partial charge in [-0.15, -0.1) is 0 Å². The fraction of sp³-hybridized carbons (Fsp3) is 0.771. The highest BCUT2D eigenvalue weighted by molar-refractivity contribution is 5.78. The number of rotatable bonds is 8. The van der Waals surface area contributed by atoms with Crippen LogP contribution in [-0.4, -0.2) is 139 Å². The van der Waals surface area contributed by atoms with Crippen LogP contribution in [0.5, 0.6) is 0 Å². The number of carbonyl (C=O) groups is 1. The number of carbonyl (C=O) groups excluding carboxylic acids is 1. The summed E-state index contributed by atoms with van der Waals surface area (Å²) in [7, 11) is 3.22. The van der Waals surface area contributed by atoms with E-state index in [4.69, 9.17) is 47.4 Å². The van der Waals surface area contributed by atoms with Crippen molar-refractivity contribution in [1.29, 1.82) is 0 Å². The number of fused-ring (bicyclic) bond motifs is 2. The Morgan fingerprint density at radius 2 is 1.60 bits per heavy atom. The normalized spacial score (nSPS) is 49.1. The summed E-state index contributed by atoms with van der Waals surface area (Å²) in [6, 6.07) is 0. The van der Waals surface area contributed by atoms with Gasteiger partial charge in [-0.3, -0.25) is 4.79 Å². The second kappa shape index (κ2) is 19.7. The number of hydrogen-bond donors (Lipinski definition) is 3. The van der Waals surface area contributed by atoms with E-state index in [0.717, 1.165) is 12.0 Å². The molecule has 0 aromatic carbocycles. The van der Waals surface area contributed by atoms with Gasteiger partial charge in [0.1, 0.15) is 42.0 Å². The number of aliphatic hydroxyl groups is 3. The Bertz CT molecular complexity index is 1730. The van der Waals surface area contributed by atoms with Crippen LogP contribution in [0.15, 0.2) is 59.3 Å². The lowest BCUT2D eigenvalue weighted by atomic mass is 9.71. The molecule has 62 heavy (non-hydrogen) atoms. The molecule has 0 unspecified atom stereocenters. The molecule has 0 amide bonds. The van der Waals surface area contributed by atoms with Gasteiger partial charge in [-0.05, 0) is 62.8 Å². The first kappa shape index (κ1) is 47.6. The Hall–Kier alpha value is -2.31. The second-order valence-electron chi connectivity index (χ2n) is 19.0. The van der Waals surface area contributed by atoms with Crippen LogP contribution in [0, 0.1) is 23.7 Å². The van der Waals surface area contributed by atoms with E-state index in [2.05, 4.69) is 39.8 Å². The third-order valence-electron chi connectivity index (χ3n) is 14.5. The molecule has 1 spiro atoms. The van der Waals surface area contributed by atoms with Crippen molar-refractivity contribution in [3.05, 3.63) is 59.3 Å². The average molecular weight is 873 g/mol. The minimum absolute atomic E-state index is 0.0317. The third-order valence-corrected chi connectivity index (χ3v) is 14.5. The zero-order valence-electron chi connectivity index (χ0n) is 38.2. The summed E-state index contributed by atoms with van der Waals surface area (Å²) in [6.07, 6.45) is 8.55. The molecule has 6 aliphatic heterocycles. The number of aliphatic hydroxyl groups excluding tert-OH is 2. The molecule has 348 valence electrons. The van der Waals surface area contributed by atoms with Crippen LogP contribution in [-0.2, 0) is 52.2 Å². The van der Waals surface area contributed by atoms with Crippen molar-refractivity contribution in [3.63, 3.8) is 0 Å². The minimum Gasteiger partial charge on any atom is -0.462 e. The van der Waals surface area contributed by atoms with Gasteiger partial charge in [-0.2, -0.15) is 0 Å². The Labute approximate surface area is 367 Å². The number of methoxy groups -OCH3 is 2. The van der Waals surface area contributed by atoms with E-state index in [1.165, 1.54) is 0 Å². The second-order valence-corrected chi connectivity index (χ2v) is 19.0. The molecule has 4 saturated heterocycles. The molecule has 7 aliphatic rings. The molecule has 2 bridgehead atoms. The van der Waals surface area contributed by atoms with E-state index in [1.807, 2.05) is 32.1 Å². The van der Waals surface area contributed by atoms with E-state index in [9.17, 15) is 20.1 Å². The zero-order valence-corrected chi connectivity index (χ0v) is 38.2. The van der Waals surface area contributed by atoms with E-state index >= 15 is 0 Å². The first-order valence-corrected chi connectivity index (χ1v) is 22.9. The standard InChI is InChI=1S/C48H72O14/c1-11-25(2)43-28(5)17-18-47(62-43)23-34-20-33(61-47)16-15-27(4)42(26(3)13-12-14-32-24-55-45-40(49)29(6)19-35(46(51)58-34)48(32,45)52)59-39-22-37(54-10)44(31(8)57-39)60-38-21-36(53-9)41(50)30(7)56-38/h12-15,17-19,25-26,28,30-31,33-45,49-50,52H,11,16,20-24H2,1-10H3/b13-12+,27-15-,32-14-/t25-,26-,28-,30-,31-,33+,34+,35-,36-,37-,38-,39-,40+,41-,42-,43+,44-,45-,47+,48-/m0/s1. The molecule has 4 fully saturated rings. The van der Waals surface area contributed by atoms with Crippen LogP contribution in [0.4, 0.5) is 0 Å². The average Bonchev–Trinajstić information content (AvgIpc) is 3.58. The molecular formula is C48H72O14. The van der Waals surface area contributed by atoms with Crippen molar-refractivity contribution >= 4 is 5.97 Å². The van der Waals surface area contributed by atoms with Gasteiger partial charge >= 0.3 is 5.97 Å². The summed E-state index contributed by atoms with van der Waals surface area (Å²) in [5, 5.41) is 34.2. The monoisotopic (exact) mass is 872 g/mol. The van der Waals surface area contributed by atoms with Crippen LogP contribution < -0.4 is 0 Å². The number of hydrogen-bond acceptors (Lipinski definition) is 14. The van der Waals surface area contributed by atoms with E-state index in [0.29, 0.717) is 43.3 Å². The summed E-state index contributed by atoms with van der Waals surface area (Å²) in [6.45, 7) is 16.1. The number of esters is 1. The zero-order chi connectivity index (χ0) is 44.7. The molecule has 1 aliphatic carbocycles. The topological polar surface area (TPSA) is 170 Å². The molecule has 7 rings (SSSR count). The lowest BCUT2D eigenvalue weighted by Crippen LogP contribution is -2.58. The van der Waals surface area contributed by atoms with Gasteiger partial charge in [-0.25, -0.2) is 0 Å². The molecular weight excluding hydrogens is 801 g/mol. The predicted molar refractivity (Wildman–Crippen MR) is 227 cm³/mol. The lowest BCUT2D eigenvalue weighted by molar-refractivity contribution is -0.318. The summed E-state index contributed by atoms with van der Waals surface area (Å²) in [4.78, 5) is 14.3. The molecule has 14 nitrogen and oxygen atoms in total. The molecule has 6 heterocycles. The largest absolute Gasteiger partial charge is 0.462 e. The minimum atomic E-state index is -1.84. The van der Waals surface area contributed by atoms with Crippen LogP contribution in [0.25, 0.3) is 0 Å². The van der Waals surface area contributed by atoms with Crippen molar-refractivity contribution in [3.8, 4) is 0 Å². The van der Waals surface area contributed by atoms with Crippen LogP contribution in [0.1, 0.15) is 93.9 Å². The molecule has 14 heteroatoms. The Balaban J connectivity index is 1.18. The van der Waals surface area contributed by atoms with Crippen LogP contribution in [0.3, 0.4) is 0 Å². The summed E-state index contributed by atoms with van der Waals surface area (Å²) < 4.78 is 63.7. The Kier molecular flexibility index (Phi) is 15.1.